The quantitative estimate of drug-likeness (QED) is 0.782. The maximum Gasteiger partial charge on any atom is 0.137 e. The van der Waals surface area contributed by atoms with Gasteiger partial charge in [-0.25, -0.2) is 0 Å². The fourth-order valence-electron chi connectivity index (χ4n) is 2.41. The van der Waals surface area contributed by atoms with E-state index in [2.05, 4.69) is 48.5 Å². The summed E-state index contributed by atoms with van der Waals surface area (Å²) in [6.07, 6.45) is 0.0857. The Labute approximate surface area is 107 Å². The predicted molar refractivity (Wildman–Crippen MR) is 72.7 cm³/mol. The highest BCUT2D eigenvalue weighted by atomic mass is 16.6. The van der Waals surface area contributed by atoms with Crippen LogP contribution in [0, 0.1) is 0 Å². The standard InChI is InChI=1S/C16H15NO/c1-12-15(13-8-4-2-5-9-13)16(17-18-12)14-10-6-3-7-11-14/h2-12,15H,1H3. The van der Waals surface area contributed by atoms with Gasteiger partial charge in [0.25, 0.3) is 0 Å². The van der Waals surface area contributed by atoms with Gasteiger partial charge in [0.2, 0.25) is 0 Å². The normalized spacial score (nSPS) is 22.4. The van der Waals surface area contributed by atoms with Crippen LogP contribution in [0.3, 0.4) is 0 Å². The van der Waals surface area contributed by atoms with E-state index in [1.54, 1.807) is 0 Å². The first kappa shape index (κ1) is 11.0. The van der Waals surface area contributed by atoms with Gasteiger partial charge in [0.15, 0.2) is 0 Å². The Hall–Kier alpha value is -2.09. The first-order valence-electron chi connectivity index (χ1n) is 6.20. The summed E-state index contributed by atoms with van der Waals surface area (Å²) >= 11 is 0. The highest BCUT2D eigenvalue weighted by molar-refractivity contribution is 6.06. The van der Waals surface area contributed by atoms with Crippen molar-refractivity contribution in [2.45, 2.75) is 18.9 Å². The zero-order valence-electron chi connectivity index (χ0n) is 10.3. The minimum Gasteiger partial charge on any atom is -0.391 e. The maximum atomic E-state index is 5.47. The number of oxime groups is 1. The Morgan fingerprint density at radius 2 is 1.50 bits per heavy atom. The third-order valence-corrected chi connectivity index (χ3v) is 3.31. The number of hydrogen-bond acceptors (Lipinski definition) is 2. The lowest BCUT2D eigenvalue weighted by atomic mass is 9.87. The van der Waals surface area contributed by atoms with Crippen molar-refractivity contribution in [2.24, 2.45) is 5.16 Å². The zero-order chi connectivity index (χ0) is 12.4. The molecule has 90 valence electrons. The summed E-state index contributed by atoms with van der Waals surface area (Å²) in [6, 6.07) is 20.6. The highest BCUT2D eigenvalue weighted by Crippen LogP contribution is 2.31. The van der Waals surface area contributed by atoms with Crippen LogP contribution < -0.4 is 0 Å². The number of hydrogen-bond donors (Lipinski definition) is 0. The van der Waals surface area contributed by atoms with Gasteiger partial charge in [-0.05, 0) is 12.5 Å². The molecular weight excluding hydrogens is 222 g/mol. The molecule has 18 heavy (non-hydrogen) atoms. The lowest BCUT2D eigenvalue weighted by molar-refractivity contribution is 0.0905. The van der Waals surface area contributed by atoms with Crippen LogP contribution in [0.4, 0.5) is 0 Å². The van der Waals surface area contributed by atoms with Crippen molar-refractivity contribution in [1.82, 2.24) is 0 Å². The van der Waals surface area contributed by atoms with E-state index in [-0.39, 0.29) is 12.0 Å². The molecule has 1 heterocycles. The fourth-order valence-corrected chi connectivity index (χ4v) is 2.41. The summed E-state index contributed by atoms with van der Waals surface area (Å²) in [4.78, 5) is 5.47. The molecule has 0 saturated heterocycles. The third kappa shape index (κ3) is 1.90. The van der Waals surface area contributed by atoms with Crippen LogP contribution in [0.5, 0.6) is 0 Å². The molecule has 0 fully saturated rings. The molecule has 2 heteroatoms. The Kier molecular flexibility index (Phi) is 2.85. The first-order valence-corrected chi connectivity index (χ1v) is 6.20. The second-order valence-electron chi connectivity index (χ2n) is 4.54. The van der Waals surface area contributed by atoms with Gasteiger partial charge in [-0.1, -0.05) is 65.8 Å². The van der Waals surface area contributed by atoms with Crippen LogP contribution >= 0.6 is 0 Å². The molecule has 2 atom stereocenters. The second kappa shape index (κ2) is 4.65. The van der Waals surface area contributed by atoms with Crippen LogP contribution in [-0.2, 0) is 4.84 Å². The summed E-state index contributed by atoms with van der Waals surface area (Å²) < 4.78 is 0. The summed E-state index contributed by atoms with van der Waals surface area (Å²) in [7, 11) is 0. The van der Waals surface area contributed by atoms with Gasteiger partial charge in [0, 0.05) is 5.56 Å². The van der Waals surface area contributed by atoms with Gasteiger partial charge in [-0.2, -0.15) is 0 Å². The lowest BCUT2D eigenvalue weighted by Crippen LogP contribution is -2.19. The van der Waals surface area contributed by atoms with Crippen molar-refractivity contribution >= 4 is 5.71 Å². The van der Waals surface area contributed by atoms with Crippen molar-refractivity contribution in [1.29, 1.82) is 0 Å². The van der Waals surface area contributed by atoms with E-state index < -0.39 is 0 Å². The SMILES string of the molecule is CC1ON=C(c2ccccc2)C1c1ccccc1. The average molecular weight is 237 g/mol. The number of nitrogens with zero attached hydrogens (tertiary/aromatic N) is 1. The largest absolute Gasteiger partial charge is 0.391 e. The topological polar surface area (TPSA) is 21.6 Å². The maximum absolute atomic E-state index is 5.47. The van der Waals surface area contributed by atoms with Crippen molar-refractivity contribution in [3.05, 3.63) is 71.8 Å². The van der Waals surface area contributed by atoms with Crippen molar-refractivity contribution in [3.8, 4) is 0 Å². The van der Waals surface area contributed by atoms with Gasteiger partial charge in [-0.3, -0.25) is 0 Å². The first-order chi connectivity index (χ1) is 8.86. The van der Waals surface area contributed by atoms with E-state index in [1.807, 2.05) is 24.3 Å². The van der Waals surface area contributed by atoms with Crippen LogP contribution in [0.15, 0.2) is 65.8 Å². The summed E-state index contributed by atoms with van der Waals surface area (Å²) in [6.45, 7) is 2.07. The molecule has 1 aliphatic heterocycles. The Bertz CT molecular complexity index is 548. The molecule has 1 aliphatic rings. The van der Waals surface area contributed by atoms with Gasteiger partial charge in [-0.15, -0.1) is 0 Å². The van der Waals surface area contributed by atoms with E-state index in [0.717, 1.165) is 11.3 Å². The molecule has 0 radical (unpaired) electrons. The monoisotopic (exact) mass is 237 g/mol. The second-order valence-corrected chi connectivity index (χ2v) is 4.54. The average Bonchev–Trinajstić information content (AvgIpc) is 2.83. The molecule has 0 aromatic heterocycles. The summed E-state index contributed by atoms with van der Waals surface area (Å²) in [5.41, 5.74) is 3.41. The molecule has 0 bridgehead atoms. The smallest absolute Gasteiger partial charge is 0.137 e. The van der Waals surface area contributed by atoms with E-state index in [1.165, 1.54) is 5.56 Å². The Morgan fingerprint density at radius 3 is 2.17 bits per heavy atom. The van der Waals surface area contributed by atoms with Crippen molar-refractivity contribution in [2.75, 3.05) is 0 Å². The van der Waals surface area contributed by atoms with E-state index >= 15 is 0 Å². The van der Waals surface area contributed by atoms with Gasteiger partial charge in [0.1, 0.15) is 6.10 Å². The molecule has 0 amide bonds. The van der Waals surface area contributed by atoms with Crippen molar-refractivity contribution in [3.63, 3.8) is 0 Å². The number of benzene rings is 2. The number of rotatable bonds is 2. The molecule has 2 unspecified atom stereocenters. The van der Waals surface area contributed by atoms with Crippen molar-refractivity contribution < 1.29 is 4.84 Å². The Balaban J connectivity index is 2.00. The molecule has 0 aliphatic carbocycles. The van der Waals surface area contributed by atoms with Crippen LogP contribution in [0.25, 0.3) is 0 Å². The van der Waals surface area contributed by atoms with E-state index in [0.29, 0.717) is 0 Å². The van der Waals surface area contributed by atoms with Gasteiger partial charge in [0.05, 0.1) is 11.6 Å². The molecule has 0 saturated carbocycles. The third-order valence-electron chi connectivity index (χ3n) is 3.31. The van der Waals surface area contributed by atoms with E-state index in [4.69, 9.17) is 4.84 Å². The molecule has 0 spiro atoms. The molecule has 2 nitrogen and oxygen atoms in total. The minimum absolute atomic E-state index is 0.0857. The highest BCUT2D eigenvalue weighted by Gasteiger charge is 2.32. The van der Waals surface area contributed by atoms with Crippen LogP contribution in [-0.4, -0.2) is 11.8 Å². The Morgan fingerprint density at radius 1 is 0.889 bits per heavy atom. The lowest BCUT2D eigenvalue weighted by Gasteiger charge is -2.15. The van der Waals surface area contributed by atoms with Gasteiger partial charge >= 0.3 is 0 Å². The molecule has 2 aromatic rings. The fraction of sp³-hybridized carbons (Fsp3) is 0.188. The predicted octanol–water partition coefficient (Wildman–Crippen LogP) is 3.59. The molecule has 0 N–H and O–H groups in total. The minimum atomic E-state index is 0.0857. The van der Waals surface area contributed by atoms with Crippen LogP contribution in [0.2, 0.25) is 0 Å². The molecule has 3 rings (SSSR count). The zero-order valence-corrected chi connectivity index (χ0v) is 10.3. The molecule has 2 aromatic carbocycles. The molecular formula is C16H15NO. The van der Waals surface area contributed by atoms with E-state index in [9.17, 15) is 0 Å². The van der Waals surface area contributed by atoms with Gasteiger partial charge < -0.3 is 4.84 Å². The van der Waals surface area contributed by atoms with Crippen LogP contribution in [0.1, 0.15) is 24.0 Å². The summed E-state index contributed by atoms with van der Waals surface area (Å²) in [5.74, 6) is 0.216. The summed E-state index contributed by atoms with van der Waals surface area (Å²) in [5, 5.41) is 4.26.